The third-order valence-corrected chi connectivity index (χ3v) is 6.90. The number of ether oxygens (including phenoxy) is 1. The number of carbonyl (C=O) groups is 3. The molecule has 0 bridgehead atoms. The number of carbonyl (C=O) groups excluding carboxylic acids is 3. The minimum Gasteiger partial charge on any atom is -0.469 e. The van der Waals surface area contributed by atoms with E-state index in [2.05, 4.69) is 10.2 Å². The molecule has 0 spiro atoms. The van der Waals surface area contributed by atoms with Crippen molar-refractivity contribution in [3.63, 3.8) is 0 Å². The Morgan fingerprint density at radius 1 is 1.12 bits per heavy atom. The molecule has 1 N–H and O–H groups in total. The lowest BCUT2D eigenvalue weighted by molar-refractivity contribution is -0.141. The summed E-state index contributed by atoms with van der Waals surface area (Å²) < 4.78 is 56.9. The lowest BCUT2D eigenvalue weighted by Gasteiger charge is -2.45. The van der Waals surface area contributed by atoms with Crippen LogP contribution in [0.15, 0.2) is 48.5 Å². The Balaban J connectivity index is 1.65. The Kier molecular flexibility index (Phi) is 10.7. The van der Waals surface area contributed by atoms with Gasteiger partial charge in [-0.1, -0.05) is 29.8 Å². The predicted octanol–water partition coefficient (Wildman–Crippen LogP) is 4.85. The number of hydrogen-bond acceptors (Lipinski definition) is 5. The van der Waals surface area contributed by atoms with Gasteiger partial charge in [0.05, 0.1) is 25.3 Å². The van der Waals surface area contributed by atoms with E-state index in [0.29, 0.717) is 37.1 Å². The number of amides is 2. The average Bonchev–Trinajstić information content (AvgIpc) is 2.91. The lowest BCUT2D eigenvalue weighted by atomic mass is 9.99. The third kappa shape index (κ3) is 8.53. The van der Waals surface area contributed by atoms with Crippen LogP contribution in [0.4, 0.5) is 17.6 Å². The van der Waals surface area contributed by atoms with Crippen LogP contribution in [0.3, 0.4) is 0 Å². The van der Waals surface area contributed by atoms with Gasteiger partial charge in [-0.3, -0.25) is 19.3 Å². The highest BCUT2D eigenvalue weighted by atomic mass is 35.5. The molecule has 0 radical (unpaired) electrons. The monoisotopic (exact) mass is 583 g/mol. The van der Waals surface area contributed by atoms with Crippen LogP contribution < -0.4 is 5.32 Å². The first kappa shape index (κ1) is 31.1. The van der Waals surface area contributed by atoms with Gasteiger partial charge in [0.25, 0.3) is 0 Å². The van der Waals surface area contributed by atoms with E-state index in [1.807, 2.05) is 19.1 Å². The number of alkyl halides is 3. The third-order valence-electron chi connectivity index (χ3n) is 6.65. The Bertz CT molecular complexity index is 1240. The van der Waals surface area contributed by atoms with Crippen molar-refractivity contribution in [1.29, 1.82) is 0 Å². The zero-order valence-electron chi connectivity index (χ0n) is 22.0. The van der Waals surface area contributed by atoms with Crippen molar-refractivity contribution >= 4 is 35.5 Å². The minimum atomic E-state index is -4.68. The Labute approximate surface area is 234 Å². The summed E-state index contributed by atoms with van der Waals surface area (Å²) in [5, 5.41) is 3.01. The summed E-state index contributed by atoms with van der Waals surface area (Å²) >= 11 is 6.05. The number of hydrogen-bond donors (Lipinski definition) is 1. The maximum absolute atomic E-state index is 14.0. The zero-order chi connectivity index (χ0) is 29.4. The SMILES string of the molecule is COC(=O)CCCN1C[C@H](c2ccc(Cl)cc2)N(C(=O)CNC(=O)/C=C/c2ccc(C(F)(F)F)cc2F)C[C@H]1C. The van der Waals surface area contributed by atoms with Crippen LogP contribution in [-0.4, -0.2) is 66.9 Å². The molecule has 0 unspecified atom stereocenters. The molecule has 1 aliphatic heterocycles. The molecular formula is C28H30ClF4N3O4. The molecule has 2 aromatic rings. The molecule has 2 amide bonds. The number of piperazine rings is 1. The summed E-state index contributed by atoms with van der Waals surface area (Å²) in [6.45, 7) is 3.13. The first-order valence-electron chi connectivity index (χ1n) is 12.6. The smallest absolute Gasteiger partial charge is 0.416 e. The number of nitrogens with zero attached hydrogens (tertiary/aromatic N) is 2. The van der Waals surface area contributed by atoms with E-state index in [0.717, 1.165) is 29.8 Å². The number of methoxy groups -OCH3 is 1. The van der Waals surface area contributed by atoms with Crippen molar-refractivity contribution in [2.24, 2.45) is 0 Å². The van der Waals surface area contributed by atoms with E-state index < -0.39 is 23.5 Å². The molecule has 7 nitrogen and oxygen atoms in total. The van der Waals surface area contributed by atoms with Crippen LogP contribution in [0.1, 0.15) is 42.5 Å². The first-order chi connectivity index (χ1) is 18.9. The van der Waals surface area contributed by atoms with Gasteiger partial charge in [-0.2, -0.15) is 13.2 Å². The number of benzene rings is 2. The van der Waals surface area contributed by atoms with Crippen molar-refractivity contribution in [3.05, 3.63) is 76.1 Å². The van der Waals surface area contributed by atoms with Crippen LogP contribution in [-0.2, 0) is 25.3 Å². The molecule has 1 heterocycles. The number of esters is 1. The van der Waals surface area contributed by atoms with E-state index in [-0.39, 0.29) is 42.5 Å². The Hall–Kier alpha value is -3.44. The number of rotatable bonds is 9. The summed E-state index contributed by atoms with van der Waals surface area (Å²) in [6.07, 6.45) is -1.81. The standard InChI is InChI=1S/C28H30ClF4N3O4/c1-18-16-36(24(20-6-10-22(29)11-7-20)17-35(18)13-3-4-27(39)40-2)26(38)15-34-25(37)12-8-19-5-9-21(14-23(19)30)28(31,32)33/h5-12,14,18,24H,3-4,13,15-17H2,1-2H3,(H,34,37)/b12-8+/t18-,24-/m1/s1. The van der Waals surface area contributed by atoms with Crippen molar-refractivity contribution in [3.8, 4) is 0 Å². The van der Waals surface area contributed by atoms with Gasteiger partial charge in [0.1, 0.15) is 5.82 Å². The molecule has 1 aliphatic rings. The highest BCUT2D eigenvalue weighted by Crippen LogP contribution is 2.31. The van der Waals surface area contributed by atoms with Gasteiger partial charge in [0, 0.05) is 42.2 Å². The Morgan fingerprint density at radius 3 is 2.45 bits per heavy atom. The molecule has 2 atom stereocenters. The first-order valence-corrected chi connectivity index (χ1v) is 12.9. The summed E-state index contributed by atoms with van der Waals surface area (Å²) in [4.78, 5) is 40.9. The molecule has 1 fully saturated rings. The van der Waals surface area contributed by atoms with Crippen LogP contribution in [0.25, 0.3) is 6.08 Å². The quantitative estimate of drug-likeness (QED) is 0.259. The highest BCUT2D eigenvalue weighted by molar-refractivity contribution is 6.30. The summed E-state index contributed by atoms with van der Waals surface area (Å²) in [5.74, 6) is -2.46. The summed E-state index contributed by atoms with van der Waals surface area (Å²) in [6, 6.07) is 8.75. The second-order valence-corrected chi connectivity index (χ2v) is 9.86. The van der Waals surface area contributed by atoms with Gasteiger partial charge in [-0.25, -0.2) is 4.39 Å². The predicted molar refractivity (Wildman–Crippen MR) is 142 cm³/mol. The van der Waals surface area contributed by atoms with Crippen LogP contribution in [0, 0.1) is 5.82 Å². The summed E-state index contributed by atoms with van der Waals surface area (Å²) in [5.41, 5.74) is -0.480. The fourth-order valence-electron chi connectivity index (χ4n) is 4.44. The maximum atomic E-state index is 14.0. The fourth-order valence-corrected chi connectivity index (χ4v) is 4.57. The molecule has 0 aromatic heterocycles. The van der Waals surface area contributed by atoms with Crippen molar-refractivity contribution in [2.45, 2.75) is 38.0 Å². The van der Waals surface area contributed by atoms with E-state index in [1.54, 1.807) is 17.0 Å². The van der Waals surface area contributed by atoms with Gasteiger partial charge >= 0.3 is 12.1 Å². The lowest BCUT2D eigenvalue weighted by Crippen LogP contribution is -2.56. The number of halogens is 5. The van der Waals surface area contributed by atoms with Gasteiger partial charge in [0.15, 0.2) is 0 Å². The van der Waals surface area contributed by atoms with Gasteiger partial charge in [-0.05, 0) is 55.8 Å². The zero-order valence-corrected chi connectivity index (χ0v) is 22.8. The van der Waals surface area contributed by atoms with E-state index in [1.165, 1.54) is 7.11 Å². The largest absolute Gasteiger partial charge is 0.469 e. The molecule has 216 valence electrons. The molecule has 3 rings (SSSR count). The van der Waals surface area contributed by atoms with Crippen molar-refractivity contribution < 1.29 is 36.7 Å². The highest BCUT2D eigenvalue weighted by Gasteiger charge is 2.35. The van der Waals surface area contributed by atoms with E-state index >= 15 is 0 Å². The van der Waals surface area contributed by atoms with Crippen molar-refractivity contribution in [2.75, 3.05) is 33.3 Å². The molecule has 12 heteroatoms. The topological polar surface area (TPSA) is 79.0 Å². The van der Waals surface area contributed by atoms with Gasteiger partial charge < -0.3 is 15.0 Å². The molecule has 1 saturated heterocycles. The molecule has 0 saturated carbocycles. The summed E-state index contributed by atoms with van der Waals surface area (Å²) in [7, 11) is 1.34. The normalized spacial score (nSPS) is 18.1. The van der Waals surface area contributed by atoms with E-state index in [9.17, 15) is 31.9 Å². The minimum absolute atomic E-state index is 0.0246. The molecule has 0 aliphatic carbocycles. The number of nitrogens with one attached hydrogen (secondary N) is 1. The fraction of sp³-hybridized carbons (Fsp3) is 0.393. The Morgan fingerprint density at radius 2 is 1.82 bits per heavy atom. The van der Waals surface area contributed by atoms with Gasteiger partial charge in [0.2, 0.25) is 11.8 Å². The molecule has 40 heavy (non-hydrogen) atoms. The second kappa shape index (κ2) is 13.8. The van der Waals surface area contributed by atoms with Crippen molar-refractivity contribution in [1.82, 2.24) is 15.1 Å². The molecule has 2 aromatic carbocycles. The average molecular weight is 584 g/mol. The molecular weight excluding hydrogens is 554 g/mol. The second-order valence-electron chi connectivity index (χ2n) is 9.42. The van der Waals surface area contributed by atoms with Crippen LogP contribution in [0.5, 0.6) is 0 Å². The van der Waals surface area contributed by atoms with Crippen LogP contribution in [0.2, 0.25) is 5.02 Å². The van der Waals surface area contributed by atoms with Gasteiger partial charge in [-0.15, -0.1) is 0 Å². The van der Waals surface area contributed by atoms with E-state index in [4.69, 9.17) is 16.3 Å². The van der Waals surface area contributed by atoms with Crippen LogP contribution >= 0.6 is 11.6 Å². The maximum Gasteiger partial charge on any atom is 0.416 e.